The Morgan fingerprint density at radius 2 is 1.45 bits per heavy atom. The van der Waals surface area contributed by atoms with E-state index in [-0.39, 0.29) is 11.3 Å². The summed E-state index contributed by atoms with van der Waals surface area (Å²) in [6.07, 6.45) is 10.5. The lowest BCUT2D eigenvalue weighted by Gasteiger charge is -2.24. The first-order valence-corrected chi connectivity index (χ1v) is 9.29. The van der Waals surface area contributed by atoms with E-state index in [4.69, 9.17) is 0 Å². The van der Waals surface area contributed by atoms with Gasteiger partial charge in [-0.15, -0.1) is 12.6 Å². The van der Waals surface area contributed by atoms with Gasteiger partial charge in [-0.2, -0.15) is 0 Å². The van der Waals surface area contributed by atoms with Crippen LogP contribution in [-0.2, 0) is 4.79 Å². The zero-order valence-electron chi connectivity index (χ0n) is 16.2. The van der Waals surface area contributed by atoms with Crippen LogP contribution in [0.25, 0.3) is 0 Å². The van der Waals surface area contributed by atoms with Gasteiger partial charge in [-0.05, 0) is 6.92 Å². The predicted octanol–water partition coefficient (Wildman–Crippen LogP) is 5.54. The summed E-state index contributed by atoms with van der Waals surface area (Å²) >= 11 is 4.29. The molecule has 0 fully saturated rings. The van der Waals surface area contributed by atoms with Crippen LogP contribution in [0.1, 0.15) is 80.6 Å². The first kappa shape index (κ1) is 26.3. The van der Waals surface area contributed by atoms with Gasteiger partial charge < -0.3 is 9.80 Å². The van der Waals surface area contributed by atoms with Crippen molar-refractivity contribution in [1.29, 1.82) is 0 Å². The molecule has 4 heteroatoms. The third kappa shape index (κ3) is 17.4. The van der Waals surface area contributed by atoms with Gasteiger partial charge in [0.2, 0.25) is 0 Å². The molecular formula is C18H40N2OS. The molecule has 3 nitrogen and oxygen atoms in total. The second kappa shape index (κ2) is 20.4. The van der Waals surface area contributed by atoms with Crippen LogP contribution in [0.15, 0.2) is 12.4 Å². The highest BCUT2D eigenvalue weighted by atomic mass is 32.1. The molecular weight excluding hydrogens is 292 g/mol. The number of unbranched alkanes of at least 4 members (excludes halogenated alkanes) is 3. The zero-order valence-corrected chi connectivity index (χ0v) is 17.1. The number of hydrogen-bond donors (Lipinski definition) is 1. The van der Waals surface area contributed by atoms with E-state index in [1.807, 2.05) is 43.1 Å². The first-order chi connectivity index (χ1) is 10.4. The predicted molar refractivity (Wildman–Crippen MR) is 104 cm³/mol. The van der Waals surface area contributed by atoms with Crippen molar-refractivity contribution in [2.75, 3.05) is 13.6 Å². The summed E-state index contributed by atoms with van der Waals surface area (Å²) in [7, 11) is 1.92. The zero-order chi connectivity index (χ0) is 18.0. The number of rotatable bonds is 5. The highest BCUT2D eigenvalue weighted by Gasteiger charge is 2.19. The van der Waals surface area contributed by atoms with E-state index in [2.05, 4.69) is 40.3 Å². The molecule has 134 valence electrons. The standard InChI is InChI=1S/C7H12N2OS.C5H12.C4H10.C2H6/c1-6(10)5-9-4-3-8(2)7(9)11;1-3-5-4-2;1-3-4-2;1-2/h3-4,7,11H,5H2,1-2H3;3-5H2,1-2H3;3-4H2,1-2H3;1-2H3. The van der Waals surface area contributed by atoms with Gasteiger partial charge in [0.05, 0.1) is 6.54 Å². The average molecular weight is 333 g/mol. The fourth-order valence-corrected chi connectivity index (χ4v) is 1.56. The number of carbonyl (C=O) groups excluding carboxylic acids is 1. The topological polar surface area (TPSA) is 23.6 Å². The van der Waals surface area contributed by atoms with Gasteiger partial charge in [-0.1, -0.05) is 73.6 Å². The lowest BCUT2D eigenvalue weighted by molar-refractivity contribution is -0.117. The molecule has 0 bridgehead atoms. The Morgan fingerprint density at radius 3 is 1.64 bits per heavy atom. The summed E-state index contributed by atoms with van der Waals surface area (Å²) in [5.74, 6) is 0.156. The van der Waals surface area contributed by atoms with Crippen LogP contribution in [0.5, 0.6) is 0 Å². The minimum Gasteiger partial charge on any atom is -0.351 e. The van der Waals surface area contributed by atoms with E-state index in [9.17, 15) is 4.79 Å². The van der Waals surface area contributed by atoms with E-state index in [1.54, 1.807) is 6.92 Å². The van der Waals surface area contributed by atoms with Crippen molar-refractivity contribution in [2.45, 2.75) is 86.1 Å². The summed E-state index contributed by atoms with van der Waals surface area (Å²) < 4.78 is 0. The highest BCUT2D eigenvalue weighted by Crippen LogP contribution is 2.15. The molecule has 0 aromatic rings. The molecule has 0 saturated heterocycles. The van der Waals surface area contributed by atoms with Crippen molar-refractivity contribution in [3.8, 4) is 0 Å². The molecule has 1 aliphatic heterocycles. The highest BCUT2D eigenvalue weighted by molar-refractivity contribution is 7.80. The molecule has 1 unspecified atom stereocenters. The molecule has 0 aliphatic carbocycles. The molecule has 0 aromatic carbocycles. The Bertz CT molecular complexity index is 253. The summed E-state index contributed by atoms with van der Waals surface area (Å²) in [6.45, 7) is 14.8. The summed E-state index contributed by atoms with van der Waals surface area (Å²) in [5.41, 5.74) is 0.0129. The van der Waals surface area contributed by atoms with Gasteiger partial charge in [-0.3, -0.25) is 4.79 Å². The molecule has 0 aromatic heterocycles. The van der Waals surface area contributed by atoms with E-state index in [0.29, 0.717) is 6.54 Å². The largest absolute Gasteiger partial charge is 0.351 e. The fourth-order valence-electron chi connectivity index (χ4n) is 1.32. The molecule has 0 spiro atoms. The Balaban J connectivity index is -0.000000276. The van der Waals surface area contributed by atoms with Crippen LogP contribution in [0.3, 0.4) is 0 Å². The maximum atomic E-state index is 10.7. The lowest BCUT2D eigenvalue weighted by Crippen LogP contribution is -2.34. The maximum Gasteiger partial charge on any atom is 0.149 e. The summed E-state index contributed by atoms with van der Waals surface area (Å²) in [6, 6.07) is 0. The van der Waals surface area contributed by atoms with Gasteiger partial charge in [-0.25, -0.2) is 0 Å². The van der Waals surface area contributed by atoms with Gasteiger partial charge >= 0.3 is 0 Å². The monoisotopic (exact) mass is 332 g/mol. The molecule has 1 heterocycles. The first-order valence-electron chi connectivity index (χ1n) is 8.77. The molecule has 1 aliphatic rings. The second-order valence-corrected chi connectivity index (χ2v) is 5.50. The smallest absolute Gasteiger partial charge is 0.149 e. The summed E-state index contributed by atoms with van der Waals surface area (Å²) in [5, 5.41) is 0. The minimum atomic E-state index is 0.0129. The molecule has 0 N–H and O–H groups in total. The van der Waals surface area contributed by atoms with Gasteiger partial charge in [0, 0.05) is 19.4 Å². The Kier molecular flexibility index (Phi) is 24.3. The third-order valence-electron chi connectivity index (χ3n) is 2.77. The van der Waals surface area contributed by atoms with Crippen LogP contribution >= 0.6 is 12.6 Å². The number of Topliss-reactive ketones (excluding diaryl/α,β-unsaturated/α-hetero) is 1. The van der Waals surface area contributed by atoms with Crippen molar-refractivity contribution >= 4 is 18.4 Å². The molecule has 22 heavy (non-hydrogen) atoms. The van der Waals surface area contributed by atoms with Gasteiger partial charge in [0.25, 0.3) is 0 Å². The average Bonchev–Trinajstić information content (AvgIpc) is 2.82. The Hall–Kier alpha value is -0.640. The van der Waals surface area contributed by atoms with Crippen molar-refractivity contribution in [3.05, 3.63) is 12.4 Å². The number of nitrogens with zero attached hydrogens (tertiary/aromatic N) is 2. The van der Waals surface area contributed by atoms with Crippen molar-refractivity contribution in [1.82, 2.24) is 9.80 Å². The normalized spacial score (nSPS) is 15.0. The van der Waals surface area contributed by atoms with Gasteiger partial charge in [0.1, 0.15) is 11.3 Å². The second-order valence-electron chi connectivity index (χ2n) is 5.04. The van der Waals surface area contributed by atoms with E-state index >= 15 is 0 Å². The minimum absolute atomic E-state index is 0.0129. The van der Waals surface area contributed by atoms with E-state index < -0.39 is 0 Å². The fraction of sp³-hybridized carbons (Fsp3) is 0.833. The Morgan fingerprint density at radius 1 is 1.00 bits per heavy atom. The van der Waals surface area contributed by atoms with E-state index in [0.717, 1.165) is 0 Å². The molecule has 1 atom stereocenters. The van der Waals surface area contributed by atoms with E-state index in [1.165, 1.54) is 32.1 Å². The van der Waals surface area contributed by atoms with Crippen LogP contribution < -0.4 is 0 Å². The maximum absolute atomic E-state index is 10.7. The van der Waals surface area contributed by atoms with Crippen LogP contribution in [-0.4, -0.2) is 34.7 Å². The summed E-state index contributed by atoms with van der Waals surface area (Å²) in [4.78, 5) is 14.5. The third-order valence-corrected chi connectivity index (χ3v) is 3.43. The van der Waals surface area contributed by atoms with Crippen LogP contribution in [0, 0.1) is 0 Å². The molecule has 0 amide bonds. The number of thiol groups is 1. The molecule has 1 rings (SSSR count). The quantitative estimate of drug-likeness (QED) is 0.669. The number of hydrogen-bond acceptors (Lipinski definition) is 4. The molecule has 0 saturated carbocycles. The van der Waals surface area contributed by atoms with Gasteiger partial charge in [0.15, 0.2) is 0 Å². The SMILES string of the molecule is CC.CC(=O)CN1C=CN(C)C1S.CCCC.CCCCC. The Labute approximate surface area is 145 Å². The van der Waals surface area contributed by atoms with Crippen molar-refractivity contribution in [2.24, 2.45) is 0 Å². The van der Waals surface area contributed by atoms with Crippen molar-refractivity contribution in [3.63, 3.8) is 0 Å². The van der Waals surface area contributed by atoms with Crippen LogP contribution in [0.2, 0.25) is 0 Å². The van der Waals surface area contributed by atoms with Crippen LogP contribution in [0.4, 0.5) is 0 Å². The number of ketones is 1. The van der Waals surface area contributed by atoms with Crippen molar-refractivity contribution < 1.29 is 4.79 Å². The molecule has 0 radical (unpaired) electrons. The lowest BCUT2D eigenvalue weighted by atomic mass is 10.3. The number of carbonyl (C=O) groups is 1.